The van der Waals surface area contributed by atoms with Gasteiger partial charge in [0.2, 0.25) is 0 Å². The van der Waals surface area contributed by atoms with Crippen molar-refractivity contribution < 1.29 is 31.1 Å². The molecule has 0 spiro atoms. The zero-order valence-corrected chi connectivity index (χ0v) is 12.4. The van der Waals surface area contributed by atoms with Crippen LogP contribution in [0.2, 0.25) is 0 Å². The van der Waals surface area contributed by atoms with Gasteiger partial charge in [-0.15, -0.1) is 0 Å². The lowest BCUT2D eigenvalue weighted by atomic mass is 10.1. The minimum Gasteiger partial charge on any atom is -0.494 e. The molecule has 23 heavy (non-hydrogen) atoms. The second kappa shape index (κ2) is 6.99. The number of nitrogens with one attached hydrogen (secondary N) is 1. The summed E-state index contributed by atoms with van der Waals surface area (Å²) in [4.78, 5) is 3.56. The Hall–Kier alpha value is -2.09. The molecule has 0 unspecified atom stereocenters. The van der Waals surface area contributed by atoms with Crippen molar-refractivity contribution in [2.75, 3.05) is 13.4 Å². The highest BCUT2D eigenvalue weighted by molar-refractivity contribution is 8.13. The molecule has 0 bridgehead atoms. The van der Waals surface area contributed by atoms with Gasteiger partial charge in [-0.3, -0.25) is 5.32 Å². The highest BCUT2D eigenvalue weighted by Gasteiger charge is 2.40. The van der Waals surface area contributed by atoms with Crippen LogP contribution in [0.4, 0.5) is 32.0 Å². The standard InChI is InChI=1S/C12H9F6N3OS/c1-22-8-4-6(11(13,14)15)3-7(12(16,17)18)9(8)21-10(23-2)20-5-19/h3-4H,1-2H3,(H,20,21). The van der Waals surface area contributed by atoms with Crippen LogP contribution in [-0.4, -0.2) is 18.5 Å². The van der Waals surface area contributed by atoms with E-state index in [2.05, 4.69) is 9.73 Å². The molecule has 0 amide bonds. The largest absolute Gasteiger partial charge is 0.494 e. The number of hydrogen-bond donors (Lipinski definition) is 1. The molecular weight excluding hydrogens is 348 g/mol. The van der Waals surface area contributed by atoms with Gasteiger partial charge >= 0.3 is 12.4 Å². The highest BCUT2D eigenvalue weighted by Crippen LogP contribution is 2.45. The molecule has 0 atom stereocenters. The molecule has 1 rings (SSSR count). The number of halogens is 6. The second-order valence-electron chi connectivity index (χ2n) is 3.93. The Bertz CT molecular complexity index is 648. The average molecular weight is 357 g/mol. The van der Waals surface area contributed by atoms with Crippen LogP contribution in [-0.2, 0) is 12.4 Å². The lowest BCUT2D eigenvalue weighted by Crippen LogP contribution is -2.15. The second-order valence-corrected chi connectivity index (χ2v) is 4.72. The van der Waals surface area contributed by atoms with Crippen molar-refractivity contribution in [2.45, 2.75) is 12.4 Å². The van der Waals surface area contributed by atoms with Crippen LogP contribution < -0.4 is 10.1 Å². The summed E-state index contributed by atoms with van der Waals surface area (Å²) < 4.78 is 82.1. The third-order valence-corrected chi connectivity index (χ3v) is 3.08. The molecule has 1 aromatic carbocycles. The summed E-state index contributed by atoms with van der Waals surface area (Å²) in [6.45, 7) is 0. The molecule has 11 heteroatoms. The van der Waals surface area contributed by atoms with Crippen LogP contribution >= 0.6 is 11.8 Å². The predicted octanol–water partition coefficient (Wildman–Crippen LogP) is 4.15. The summed E-state index contributed by atoms with van der Waals surface area (Å²) in [6.07, 6.45) is -7.19. The summed E-state index contributed by atoms with van der Waals surface area (Å²) in [5.41, 5.74) is -3.98. The number of thioether (sulfide) groups is 1. The molecule has 1 N–H and O–H groups in total. The van der Waals surface area contributed by atoms with Crippen LogP contribution in [0.5, 0.6) is 5.75 Å². The number of ether oxygens (including phenoxy) is 1. The molecular formula is C12H9F6N3OS. The quantitative estimate of drug-likeness (QED) is 0.284. The molecule has 0 heterocycles. The number of hydrogen-bond acceptors (Lipinski definition) is 4. The molecule has 126 valence electrons. The van der Waals surface area contributed by atoms with Gasteiger partial charge in [0.15, 0.2) is 11.4 Å². The molecule has 0 saturated carbocycles. The van der Waals surface area contributed by atoms with Gasteiger partial charge in [-0.05, 0) is 18.4 Å². The Morgan fingerprint density at radius 1 is 1.22 bits per heavy atom. The smallest absolute Gasteiger partial charge is 0.418 e. The van der Waals surface area contributed by atoms with Gasteiger partial charge < -0.3 is 4.74 Å². The Labute approximate surface area is 131 Å². The third kappa shape index (κ3) is 4.69. The van der Waals surface area contributed by atoms with Gasteiger partial charge in [-0.1, -0.05) is 11.8 Å². The first-order valence-electron chi connectivity index (χ1n) is 5.68. The Morgan fingerprint density at radius 2 is 1.83 bits per heavy atom. The molecule has 0 aliphatic carbocycles. The maximum Gasteiger partial charge on any atom is 0.418 e. The van der Waals surface area contributed by atoms with E-state index in [1.54, 1.807) is 0 Å². The van der Waals surface area contributed by atoms with Crippen molar-refractivity contribution in [2.24, 2.45) is 4.99 Å². The number of rotatable bonds is 2. The number of nitrogens with zero attached hydrogens (tertiary/aromatic N) is 2. The fourth-order valence-electron chi connectivity index (χ4n) is 1.53. The van der Waals surface area contributed by atoms with Crippen molar-refractivity contribution in [3.05, 3.63) is 23.3 Å². The molecule has 0 aliphatic rings. The lowest BCUT2D eigenvalue weighted by molar-refractivity contribution is -0.142. The van der Waals surface area contributed by atoms with E-state index >= 15 is 0 Å². The lowest BCUT2D eigenvalue weighted by Gasteiger charge is -2.17. The monoisotopic (exact) mass is 357 g/mol. The van der Waals surface area contributed by atoms with E-state index in [9.17, 15) is 26.3 Å². The Balaban J connectivity index is 3.70. The maximum atomic E-state index is 13.1. The zero-order chi connectivity index (χ0) is 17.8. The Morgan fingerprint density at radius 3 is 2.22 bits per heavy atom. The summed E-state index contributed by atoms with van der Waals surface area (Å²) in [5.74, 6) is -0.710. The SMILES string of the molecule is COc1cc(C(F)(F)F)cc(C(F)(F)F)c1N=C(NC#N)SC. The number of amidine groups is 1. The topological polar surface area (TPSA) is 57.4 Å². The maximum absolute atomic E-state index is 13.1. The number of nitriles is 1. The van der Waals surface area contributed by atoms with E-state index in [0.717, 1.165) is 18.9 Å². The van der Waals surface area contributed by atoms with Crippen molar-refractivity contribution in [1.29, 1.82) is 5.26 Å². The van der Waals surface area contributed by atoms with E-state index in [1.165, 1.54) is 12.4 Å². The fourth-order valence-corrected chi connectivity index (χ4v) is 1.86. The summed E-state index contributed by atoms with van der Waals surface area (Å²) in [5, 5.41) is 10.3. The molecule has 1 aromatic rings. The normalized spacial score (nSPS) is 12.7. The highest BCUT2D eigenvalue weighted by atomic mass is 32.2. The van der Waals surface area contributed by atoms with Crippen LogP contribution in [0, 0.1) is 11.5 Å². The van der Waals surface area contributed by atoms with Crippen molar-refractivity contribution in [3.63, 3.8) is 0 Å². The van der Waals surface area contributed by atoms with Crippen molar-refractivity contribution in [1.82, 2.24) is 5.32 Å². The number of alkyl halides is 6. The first-order chi connectivity index (χ1) is 10.5. The Kier molecular flexibility index (Phi) is 5.76. The van der Waals surface area contributed by atoms with Crippen LogP contribution in [0.25, 0.3) is 0 Å². The first-order valence-corrected chi connectivity index (χ1v) is 6.91. The van der Waals surface area contributed by atoms with Gasteiger partial charge in [0, 0.05) is 0 Å². The zero-order valence-electron chi connectivity index (χ0n) is 11.6. The third-order valence-electron chi connectivity index (χ3n) is 2.50. The van der Waals surface area contributed by atoms with Crippen molar-refractivity contribution >= 4 is 22.6 Å². The summed E-state index contributed by atoms with van der Waals surface area (Å²) in [6, 6.07) is 0.365. The van der Waals surface area contributed by atoms with E-state index in [4.69, 9.17) is 5.26 Å². The number of methoxy groups -OCH3 is 1. The number of aliphatic imine (C=N–C) groups is 1. The van der Waals surface area contributed by atoms with Gasteiger partial charge in [-0.2, -0.15) is 31.6 Å². The van der Waals surface area contributed by atoms with Gasteiger partial charge in [0.05, 0.1) is 18.2 Å². The van der Waals surface area contributed by atoms with Gasteiger partial charge in [0.1, 0.15) is 11.4 Å². The molecule has 4 nitrogen and oxygen atoms in total. The predicted molar refractivity (Wildman–Crippen MR) is 72.4 cm³/mol. The first kappa shape index (κ1) is 19.0. The van der Waals surface area contributed by atoms with E-state index < -0.39 is 34.9 Å². The minimum atomic E-state index is -5.09. The molecule has 0 aliphatic heterocycles. The van der Waals surface area contributed by atoms with Crippen LogP contribution in [0.1, 0.15) is 11.1 Å². The van der Waals surface area contributed by atoms with Crippen LogP contribution in [0.3, 0.4) is 0 Å². The minimum absolute atomic E-state index is 0.0499. The fraction of sp³-hybridized carbons (Fsp3) is 0.333. The molecule has 0 aromatic heterocycles. The van der Waals surface area contributed by atoms with E-state index in [-0.39, 0.29) is 11.2 Å². The molecule has 0 radical (unpaired) electrons. The van der Waals surface area contributed by atoms with E-state index in [1.807, 2.05) is 5.32 Å². The molecule has 0 fully saturated rings. The average Bonchev–Trinajstić information content (AvgIpc) is 2.44. The van der Waals surface area contributed by atoms with Crippen molar-refractivity contribution in [3.8, 4) is 11.9 Å². The van der Waals surface area contributed by atoms with Gasteiger partial charge in [0.25, 0.3) is 0 Å². The van der Waals surface area contributed by atoms with E-state index in [0.29, 0.717) is 6.07 Å². The summed E-state index contributed by atoms with van der Waals surface area (Å²) in [7, 11) is 0.922. The summed E-state index contributed by atoms with van der Waals surface area (Å²) >= 11 is 0.809. The van der Waals surface area contributed by atoms with Gasteiger partial charge in [-0.25, -0.2) is 4.99 Å². The number of benzene rings is 1. The van der Waals surface area contributed by atoms with Crippen LogP contribution in [0.15, 0.2) is 17.1 Å². The molecule has 0 saturated heterocycles.